The molecule has 1 unspecified atom stereocenters. The third-order valence-electron chi connectivity index (χ3n) is 6.13. The predicted octanol–water partition coefficient (Wildman–Crippen LogP) is 2.05. The number of para-hydroxylation sites is 1. The molecule has 2 aromatic carbocycles. The zero-order chi connectivity index (χ0) is 23.3. The van der Waals surface area contributed by atoms with Gasteiger partial charge < -0.3 is 10.2 Å². The second kappa shape index (κ2) is 7.47. The number of anilines is 2. The van der Waals surface area contributed by atoms with Crippen molar-refractivity contribution in [3.63, 3.8) is 0 Å². The van der Waals surface area contributed by atoms with E-state index in [1.165, 1.54) is 27.8 Å². The average molecular weight is 449 g/mol. The van der Waals surface area contributed by atoms with Gasteiger partial charge in [0.05, 0.1) is 11.3 Å². The van der Waals surface area contributed by atoms with Gasteiger partial charge in [0.2, 0.25) is 11.8 Å². The van der Waals surface area contributed by atoms with Gasteiger partial charge >= 0.3 is 0 Å². The van der Waals surface area contributed by atoms with Gasteiger partial charge in [-0.2, -0.15) is 4.68 Å². The van der Waals surface area contributed by atoms with Gasteiger partial charge in [-0.15, -0.1) is 5.10 Å². The summed E-state index contributed by atoms with van der Waals surface area (Å²) in [5.74, 6) is -1.07. The van der Waals surface area contributed by atoms with Gasteiger partial charge in [0.15, 0.2) is 5.82 Å². The topological polar surface area (TPSA) is 113 Å². The van der Waals surface area contributed by atoms with Crippen LogP contribution in [-0.4, -0.2) is 55.0 Å². The minimum Gasteiger partial charge on any atom is -0.324 e. The van der Waals surface area contributed by atoms with Crippen LogP contribution in [0.4, 0.5) is 15.8 Å². The van der Waals surface area contributed by atoms with Crippen LogP contribution in [0.2, 0.25) is 0 Å². The zero-order valence-corrected chi connectivity index (χ0v) is 17.9. The molecule has 33 heavy (non-hydrogen) atoms. The van der Waals surface area contributed by atoms with Crippen LogP contribution in [-0.2, 0) is 9.59 Å². The van der Waals surface area contributed by atoms with Crippen LogP contribution in [0.15, 0.2) is 42.5 Å². The Morgan fingerprint density at radius 2 is 1.97 bits per heavy atom. The number of nitrogens with one attached hydrogen (secondary N) is 1. The number of tetrazole rings is 1. The molecule has 0 saturated carbocycles. The molecule has 1 fully saturated rings. The van der Waals surface area contributed by atoms with E-state index in [-0.39, 0.29) is 30.5 Å². The number of hydrogen-bond acceptors (Lipinski definition) is 6. The molecule has 0 bridgehead atoms. The molecule has 1 atom stereocenters. The van der Waals surface area contributed by atoms with Crippen LogP contribution >= 0.6 is 0 Å². The molecule has 2 aliphatic heterocycles. The minimum atomic E-state index is -0.947. The summed E-state index contributed by atoms with van der Waals surface area (Å²) in [7, 11) is 0. The van der Waals surface area contributed by atoms with E-state index in [1.54, 1.807) is 43.0 Å². The third kappa shape index (κ3) is 3.23. The second-order valence-electron chi connectivity index (χ2n) is 8.21. The number of aryl methyl sites for hydroxylation is 1. The van der Waals surface area contributed by atoms with E-state index in [4.69, 9.17) is 0 Å². The molecule has 3 aromatic rings. The quantitative estimate of drug-likeness (QED) is 0.652. The summed E-state index contributed by atoms with van der Waals surface area (Å²) in [4.78, 5) is 41.9. The molecule has 0 spiro atoms. The van der Waals surface area contributed by atoms with Crippen molar-refractivity contribution in [3.8, 4) is 5.69 Å². The largest absolute Gasteiger partial charge is 0.324 e. The van der Waals surface area contributed by atoms with Crippen molar-refractivity contribution in [2.45, 2.75) is 32.4 Å². The van der Waals surface area contributed by atoms with E-state index < -0.39 is 17.4 Å². The summed E-state index contributed by atoms with van der Waals surface area (Å²) < 4.78 is 15.6. The fourth-order valence-electron chi connectivity index (χ4n) is 4.49. The highest BCUT2D eigenvalue weighted by molar-refractivity contribution is 6.11. The maximum Gasteiger partial charge on any atom is 0.258 e. The van der Waals surface area contributed by atoms with Gasteiger partial charge in [-0.1, -0.05) is 12.1 Å². The summed E-state index contributed by atoms with van der Waals surface area (Å²) in [6.45, 7) is 3.14. The lowest BCUT2D eigenvalue weighted by Gasteiger charge is -2.48. The Kier molecular flexibility index (Phi) is 4.69. The molecule has 1 aromatic heterocycles. The van der Waals surface area contributed by atoms with Crippen LogP contribution in [0.5, 0.6) is 0 Å². The molecule has 3 amide bonds. The number of carbonyl (C=O) groups excluding carboxylic acids is 3. The number of nitrogens with zero attached hydrogens (tertiary/aromatic N) is 6. The van der Waals surface area contributed by atoms with Gasteiger partial charge in [0, 0.05) is 12.1 Å². The maximum atomic E-state index is 14.3. The molecule has 168 valence electrons. The second-order valence-corrected chi connectivity index (χ2v) is 8.21. The first-order chi connectivity index (χ1) is 15.8. The fourth-order valence-corrected chi connectivity index (χ4v) is 4.49. The van der Waals surface area contributed by atoms with Gasteiger partial charge in [-0.3, -0.25) is 19.3 Å². The smallest absolute Gasteiger partial charge is 0.258 e. The lowest BCUT2D eigenvalue weighted by Crippen LogP contribution is -2.63. The molecule has 1 N–H and O–H groups in total. The number of aromatic nitrogens is 4. The Bertz CT molecular complexity index is 1310. The Hall–Kier alpha value is -4.15. The van der Waals surface area contributed by atoms with E-state index in [1.807, 2.05) is 0 Å². The summed E-state index contributed by atoms with van der Waals surface area (Å²) >= 11 is 0. The van der Waals surface area contributed by atoms with Crippen molar-refractivity contribution in [1.82, 2.24) is 25.1 Å². The Morgan fingerprint density at radius 1 is 1.18 bits per heavy atom. The van der Waals surface area contributed by atoms with E-state index in [0.717, 1.165) is 0 Å². The summed E-state index contributed by atoms with van der Waals surface area (Å²) in [5.41, 5.74) is 0.385. The summed E-state index contributed by atoms with van der Waals surface area (Å²) in [6, 6.07) is 10.9. The highest BCUT2D eigenvalue weighted by Gasteiger charge is 2.53. The third-order valence-corrected chi connectivity index (χ3v) is 6.13. The van der Waals surface area contributed by atoms with Crippen LogP contribution in [0.1, 0.15) is 35.9 Å². The highest BCUT2D eigenvalue weighted by atomic mass is 19.1. The van der Waals surface area contributed by atoms with Crippen LogP contribution < -0.4 is 10.2 Å². The van der Waals surface area contributed by atoms with E-state index in [2.05, 4.69) is 20.8 Å². The first-order valence-corrected chi connectivity index (χ1v) is 10.4. The standard InChI is InChI=1S/C22H20FN7O3/c1-13-25-26-27-30(13)18-11-14(7-8-16(18)23)24-19(31)12-28-21(33)15-5-3-4-6-17(15)29-20(32)9-10-22(28,29)2/h3-8,11H,9-10,12H2,1-2H3,(H,24,31). The Morgan fingerprint density at radius 3 is 2.73 bits per heavy atom. The molecular weight excluding hydrogens is 429 g/mol. The van der Waals surface area contributed by atoms with Gasteiger partial charge in [0.25, 0.3) is 5.91 Å². The number of rotatable bonds is 4. The normalized spacial score (nSPS) is 19.5. The molecule has 5 rings (SSSR count). The van der Waals surface area contributed by atoms with E-state index in [0.29, 0.717) is 29.2 Å². The van der Waals surface area contributed by atoms with Crippen LogP contribution in [0, 0.1) is 12.7 Å². The highest BCUT2D eigenvalue weighted by Crippen LogP contribution is 2.43. The SMILES string of the molecule is Cc1nnnn1-c1cc(NC(=O)CN2C(=O)c3ccccc3N3C(=O)CCC23C)ccc1F. The van der Waals surface area contributed by atoms with Crippen molar-refractivity contribution in [3.05, 3.63) is 59.7 Å². The van der Waals surface area contributed by atoms with Crippen LogP contribution in [0.25, 0.3) is 5.69 Å². The van der Waals surface area contributed by atoms with Crippen LogP contribution in [0.3, 0.4) is 0 Å². The zero-order valence-electron chi connectivity index (χ0n) is 17.9. The lowest BCUT2D eigenvalue weighted by atomic mass is 9.98. The molecule has 11 heteroatoms. The number of benzene rings is 2. The average Bonchev–Trinajstić information content (AvgIpc) is 3.35. The van der Waals surface area contributed by atoms with Crippen molar-refractivity contribution in [1.29, 1.82) is 0 Å². The van der Waals surface area contributed by atoms with Crippen molar-refractivity contribution in [2.24, 2.45) is 0 Å². The first kappa shape index (κ1) is 20.7. The first-order valence-electron chi connectivity index (χ1n) is 10.4. The lowest BCUT2D eigenvalue weighted by molar-refractivity contribution is -0.120. The van der Waals surface area contributed by atoms with Gasteiger partial charge in [0.1, 0.15) is 23.7 Å². The number of hydrogen-bond donors (Lipinski definition) is 1. The minimum absolute atomic E-state index is 0.0813. The van der Waals surface area contributed by atoms with E-state index in [9.17, 15) is 18.8 Å². The van der Waals surface area contributed by atoms with E-state index >= 15 is 0 Å². The number of carbonyl (C=O) groups is 3. The molecule has 3 heterocycles. The molecular formula is C22H20FN7O3. The maximum absolute atomic E-state index is 14.3. The molecule has 1 saturated heterocycles. The molecule has 10 nitrogen and oxygen atoms in total. The monoisotopic (exact) mass is 449 g/mol. The molecule has 0 radical (unpaired) electrons. The number of amides is 3. The fraction of sp³-hybridized carbons (Fsp3) is 0.273. The Labute approximate surface area is 188 Å². The Balaban J connectivity index is 1.42. The van der Waals surface area contributed by atoms with Gasteiger partial charge in [-0.05, 0) is 61.0 Å². The number of halogens is 1. The molecule has 0 aliphatic carbocycles. The summed E-state index contributed by atoms with van der Waals surface area (Å²) in [5, 5.41) is 13.7. The van der Waals surface area contributed by atoms with Crippen molar-refractivity contribution >= 4 is 29.1 Å². The number of fused-ring (bicyclic) bond motifs is 3. The van der Waals surface area contributed by atoms with Gasteiger partial charge in [-0.25, -0.2) is 4.39 Å². The van der Waals surface area contributed by atoms with Crippen molar-refractivity contribution < 1.29 is 18.8 Å². The summed E-state index contributed by atoms with van der Waals surface area (Å²) in [6.07, 6.45) is 0.696. The predicted molar refractivity (Wildman–Crippen MR) is 115 cm³/mol. The molecule has 2 aliphatic rings. The van der Waals surface area contributed by atoms with Crippen molar-refractivity contribution in [2.75, 3.05) is 16.8 Å².